The quantitative estimate of drug-likeness (QED) is 0.818. The Labute approximate surface area is 107 Å². The molecule has 0 saturated heterocycles. The molecule has 2 unspecified atom stereocenters. The van der Waals surface area contributed by atoms with Crippen LogP contribution in [0.4, 0.5) is 0 Å². The summed E-state index contributed by atoms with van der Waals surface area (Å²) in [6.45, 7) is 6.00. The molecule has 2 heteroatoms. The number of hydrogen-bond donors (Lipinski definition) is 1. The second-order valence-electron chi connectivity index (χ2n) is 6.32. The minimum atomic E-state index is 0.482. The van der Waals surface area contributed by atoms with E-state index in [1.807, 2.05) is 0 Å². The zero-order valence-electron chi connectivity index (χ0n) is 11.7. The van der Waals surface area contributed by atoms with Crippen molar-refractivity contribution in [3.63, 3.8) is 0 Å². The van der Waals surface area contributed by atoms with E-state index in [4.69, 9.17) is 5.73 Å². The molecule has 0 radical (unpaired) electrons. The standard InChI is InChI=1S/C15H30N2/c1-3-17(14-9-7-13(16)8-10-14)15-6-4-5-12(2)11-15/h12-15H,3-11,16H2,1-2H3. The van der Waals surface area contributed by atoms with Gasteiger partial charge >= 0.3 is 0 Å². The smallest absolute Gasteiger partial charge is 0.0101 e. The molecular formula is C15H30N2. The predicted molar refractivity (Wildman–Crippen MR) is 74.0 cm³/mol. The molecule has 2 saturated carbocycles. The lowest BCUT2D eigenvalue weighted by atomic mass is 9.83. The predicted octanol–water partition coefficient (Wildman–Crippen LogP) is 3.16. The summed E-state index contributed by atoms with van der Waals surface area (Å²) in [4.78, 5) is 2.81. The first-order valence-corrected chi connectivity index (χ1v) is 7.72. The molecule has 2 aliphatic carbocycles. The van der Waals surface area contributed by atoms with E-state index in [9.17, 15) is 0 Å². The van der Waals surface area contributed by atoms with E-state index in [0.29, 0.717) is 6.04 Å². The Kier molecular flexibility index (Phi) is 4.87. The zero-order chi connectivity index (χ0) is 12.3. The number of nitrogens with zero attached hydrogens (tertiary/aromatic N) is 1. The van der Waals surface area contributed by atoms with E-state index in [2.05, 4.69) is 18.7 Å². The molecular weight excluding hydrogens is 208 g/mol. The molecule has 17 heavy (non-hydrogen) atoms. The molecule has 2 fully saturated rings. The second kappa shape index (κ2) is 6.19. The van der Waals surface area contributed by atoms with Crippen molar-refractivity contribution in [3.8, 4) is 0 Å². The van der Waals surface area contributed by atoms with Gasteiger partial charge in [-0.1, -0.05) is 26.7 Å². The molecule has 0 aromatic rings. The highest BCUT2D eigenvalue weighted by Crippen LogP contribution is 2.31. The third-order valence-electron chi connectivity index (χ3n) is 4.95. The Balaban J connectivity index is 1.90. The zero-order valence-corrected chi connectivity index (χ0v) is 11.7. The summed E-state index contributed by atoms with van der Waals surface area (Å²) >= 11 is 0. The molecule has 2 nitrogen and oxygen atoms in total. The fourth-order valence-corrected chi connectivity index (χ4v) is 3.95. The average molecular weight is 238 g/mol. The van der Waals surface area contributed by atoms with Crippen LogP contribution in [0.3, 0.4) is 0 Å². The molecule has 2 aliphatic rings. The van der Waals surface area contributed by atoms with Crippen molar-refractivity contribution in [1.29, 1.82) is 0 Å². The molecule has 0 heterocycles. The molecule has 0 spiro atoms. The minimum absolute atomic E-state index is 0.482. The van der Waals surface area contributed by atoms with Gasteiger partial charge < -0.3 is 5.73 Å². The van der Waals surface area contributed by atoms with Crippen LogP contribution >= 0.6 is 0 Å². The highest BCUT2D eigenvalue weighted by molar-refractivity contribution is 4.86. The number of nitrogens with two attached hydrogens (primary N) is 1. The lowest BCUT2D eigenvalue weighted by Gasteiger charge is -2.43. The largest absolute Gasteiger partial charge is 0.328 e. The summed E-state index contributed by atoms with van der Waals surface area (Å²) in [6, 6.07) is 2.17. The fourth-order valence-electron chi connectivity index (χ4n) is 3.95. The van der Waals surface area contributed by atoms with Gasteiger partial charge in [-0.2, -0.15) is 0 Å². The Bertz CT molecular complexity index is 221. The third kappa shape index (κ3) is 3.45. The first kappa shape index (κ1) is 13.4. The first-order chi connectivity index (χ1) is 8.20. The Morgan fingerprint density at radius 1 is 1.00 bits per heavy atom. The Morgan fingerprint density at radius 3 is 2.29 bits per heavy atom. The van der Waals surface area contributed by atoms with Crippen LogP contribution in [-0.4, -0.2) is 29.6 Å². The van der Waals surface area contributed by atoms with Crippen LogP contribution in [0.2, 0.25) is 0 Å². The summed E-state index contributed by atoms with van der Waals surface area (Å²) < 4.78 is 0. The van der Waals surface area contributed by atoms with Crippen molar-refractivity contribution >= 4 is 0 Å². The molecule has 0 aromatic carbocycles. The van der Waals surface area contributed by atoms with E-state index in [1.54, 1.807) is 0 Å². The Hall–Kier alpha value is -0.0800. The van der Waals surface area contributed by atoms with E-state index in [0.717, 1.165) is 18.0 Å². The number of hydrogen-bond acceptors (Lipinski definition) is 2. The van der Waals surface area contributed by atoms with Crippen LogP contribution in [0, 0.1) is 5.92 Å². The van der Waals surface area contributed by atoms with Crippen molar-refractivity contribution in [2.24, 2.45) is 11.7 Å². The van der Waals surface area contributed by atoms with Crippen molar-refractivity contribution in [3.05, 3.63) is 0 Å². The van der Waals surface area contributed by atoms with Crippen LogP contribution in [0.5, 0.6) is 0 Å². The van der Waals surface area contributed by atoms with E-state index < -0.39 is 0 Å². The van der Waals surface area contributed by atoms with Gasteiger partial charge in [-0.05, 0) is 51.0 Å². The summed E-state index contributed by atoms with van der Waals surface area (Å²) in [5, 5.41) is 0. The van der Waals surface area contributed by atoms with Gasteiger partial charge in [0.1, 0.15) is 0 Å². The first-order valence-electron chi connectivity index (χ1n) is 7.72. The van der Waals surface area contributed by atoms with Crippen molar-refractivity contribution in [2.45, 2.75) is 83.3 Å². The molecule has 0 amide bonds. The van der Waals surface area contributed by atoms with Crippen LogP contribution < -0.4 is 5.73 Å². The molecule has 0 aromatic heterocycles. The maximum atomic E-state index is 6.02. The SMILES string of the molecule is CCN(C1CCC(N)CC1)C1CCCC(C)C1. The van der Waals surface area contributed by atoms with Gasteiger partial charge in [-0.15, -0.1) is 0 Å². The van der Waals surface area contributed by atoms with Crippen LogP contribution in [0.1, 0.15) is 65.2 Å². The van der Waals surface area contributed by atoms with Gasteiger partial charge in [0.15, 0.2) is 0 Å². The lowest BCUT2D eigenvalue weighted by Crippen LogP contribution is -2.47. The van der Waals surface area contributed by atoms with Crippen LogP contribution in [0.25, 0.3) is 0 Å². The molecule has 2 atom stereocenters. The third-order valence-corrected chi connectivity index (χ3v) is 4.95. The molecule has 0 bridgehead atoms. The second-order valence-corrected chi connectivity index (χ2v) is 6.32. The van der Waals surface area contributed by atoms with Gasteiger partial charge in [0.2, 0.25) is 0 Å². The normalized spacial score (nSPS) is 39.5. The molecule has 0 aliphatic heterocycles. The topological polar surface area (TPSA) is 29.3 Å². The van der Waals surface area contributed by atoms with Crippen LogP contribution in [0.15, 0.2) is 0 Å². The van der Waals surface area contributed by atoms with E-state index >= 15 is 0 Å². The van der Waals surface area contributed by atoms with E-state index in [1.165, 1.54) is 57.9 Å². The van der Waals surface area contributed by atoms with Crippen molar-refractivity contribution in [2.75, 3.05) is 6.54 Å². The van der Waals surface area contributed by atoms with Gasteiger partial charge in [0.05, 0.1) is 0 Å². The number of rotatable bonds is 3. The van der Waals surface area contributed by atoms with Crippen LogP contribution in [-0.2, 0) is 0 Å². The maximum Gasteiger partial charge on any atom is 0.0101 e. The average Bonchev–Trinajstić information content (AvgIpc) is 2.33. The lowest BCUT2D eigenvalue weighted by molar-refractivity contribution is 0.0712. The summed E-state index contributed by atoms with van der Waals surface area (Å²) in [5.74, 6) is 0.939. The van der Waals surface area contributed by atoms with Gasteiger partial charge in [0, 0.05) is 18.1 Å². The molecule has 2 rings (SSSR count). The maximum absolute atomic E-state index is 6.02. The van der Waals surface area contributed by atoms with E-state index in [-0.39, 0.29) is 0 Å². The van der Waals surface area contributed by atoms with Gasteiger partial charge in [-0.3, -0.25) is 4.90 Å². The highest BCUT2D eigenvalue weighted by Gasteiger charge is 2.30. The summed E-state index contributed by atoms with van der Waals surface area (Å²) in [7, 11) is 0. The minimum Gasteiger partial charge on any atom is -0.328 e. The Morgan fingerprint density at radius 2 is 1.71 bits per heavy atom. The highest BCUT2D eigenvalue weighted by atomic mass is 15.2. The van der Waals surface area contributed by atoms with Crippen molar-refractivity contribution < 1.29 is 0 Å². The fraction of sp³-hybridized carbons (Fsp3) is 1.00. The van der Waals surface area contributed by atoms with Gasteiger partial charge in [-0.25, -0.2) is 0 Å². The van der Waals surface area contributed by atoms with Gasteiger partial charge in [0.25, 0.3) is 0 Å². The van der Waals surface area contributed by atoms with Crippen molar-refractivity contribution in [1.82, 2.24) is 4.90 Å². The summed E-state index contributed by atoms with van der Waals surface area (Å²) in [5.41, 5.74) is 6.02. The summed E-state index contributed by atoms with van der Waals surface area (Å²) in [6.07, 6.45) is 10.9. The molecule has 100 valence electrons. The molecule has 2 N–H and O–H groups in total. The monoisotopic (exact) mass is 238 g/mol.